The van der Waals surface area contributed by atoms with Gasteiger partial charge in [0.2, 0.25) is 0 Å². The first-order valence-electron chi connectivity index (χ1n) is 8.56. The van der Waals surface area contributed by atoms with Gasteiger partial charge in [0.05, 0.1) is 5.69 Å². The van der Waals surface area contributed by atoms with E-state index < -0.39 is 0 Å². The van der Waals surface area contributed by atoms with E-state index in [9.17, 15) is 0 Å². The van der Waals surface area contributed by atoms with Crippen LogP contribution in [0, 0.1) is 19.8 Å². The molecule has 0 fully saturated rings. The second-order valence-corrected chi connectivity index (χ2v) is 7.30. The van der Waals surface area contributed by atoms with Crippen LogP contribution in [-0.4, -0.2) is 35.9 Å². The first-order valence-corrected chi connectivity index (χ1v) is 9.44. The predicted molar refractivity (Wildman–Crippen MR) is 118 cm³/mol. The summed E-state index contributed by atoms with van der Waals surface area (Å²) in [5.74, 6) is 1.46. The highest BCUT2D eigenvalue weighted by Gasteiger charge is 2.06. The summed E-state index contributed by atoms with van der Waals surface area (Å²) in [6.07, 6.45) is 2.13. The molecule has 0 aliphatic rings. The molecule has 1 unspecified atom stereocenters. The van der Waals surface area contributed by atoms with Crippen molar-refractivity contribution >= 4 is 41.3 Å². The highest BCUT2D eigenvalue weighted by molar-refractivity contribution is 14.0. The Morgan fingerprint density at radius 1 is 1.36 bits per heavy atom. The van der Waals surface area contributed by atoms with Crippen molar-refractivity contribution in [1.29, 1.82) is 0 Å². The zero-order chi connectivity index (χ0) is 17.4. The van der Waals surface area contributed by atoms with Crippen LogP contribution >= 0.6 is 35.3 Å². The second kappa shape index (κ2) is 11.5. The van der Waals surface area contributed by atoms with E-state index in [2.05, 4.69) is 62.8 Å². The number of nitrogens with one attached hydrogen (secondary N) is 2. The number of guanidine groups is 1. The van der Waals surface area contributed by atoms with Crippen LogP contribution in [0.4, 0.5) is 0 Å². The van der Waals surface area contributed by atoms with Gasteiger partial charge >= 0.3 is 0 Å². The van der Waals surface area contributed by atoms with E-state index >= 15 is 0 Å². The number of aliphatic imine (C=N–C) groups is 1. The zero-order valence-electron chi connectivity index (χ0n) is 15.6. The summed E-state index contributed by atoms with van der Waals surface area (Å²) in [6, 6.07) is 6.43. The number of rotatable bonds is 8. The van der Waals surface area contributed by atoms with E-state index in [-0.39, 0.29) is 24.0 Å². The fraction of sp³-hybridized carbons (Fsp3) is 0.556. The summed E-state index contributed by atoms with van der Waals surface area (Å²) >= 11 is 1.83. The summed E-state index contributed by atoms with van der Waals surface area (Å²) in [4.78, 5) is 5.74. The smallest absolute Gasteiger partial charge is 0.190 e. The number of hydrogen-bond donors (Lipinski definition) is 2. The lowest BCUT2D eigenvalue weighted by atomic mass is 10.1. The van der Waals surface area contributed by atoms with Crippen molar-refractivity contribution in [1.82, 2.24) is 20.4 Å². The van der Waals surface area contributed by atoms with Gasteiger partial charge in [-0.25, -0.2) is 0 Å². The second-order valence-electron chi connectivity index (χ2n) is 6.27. The Morgan fingerprint density at radius 2 is 2.16 bits per heavy atom. The minimum Gasteiger partial charge on any atom is -0.356 e. The first kappa shape index (κ1) is 22.0. The van der Waals surface area contributed by atoms with Crippen molar-refractivity contribution in [3.63, 3.8) is 0 Å². The molecule has 0 amide bonds. The summed E-state index contributed by atoms with van der Waals surface area (Å²) in [5.41, 5.74) is 2.30. The predicted octanol–water partition coefficient (Wildman–Crippen LogP) is 3.61. The van der Waals surface area contributed by atoms with Crippen LogP contribution in [0.5, 0.6) is 0 Å². The molecular weight excluding hydrogens is 445 g/mol. The number of nitrogens with zero attached hydrogens (tertiary/aromatic N) is 3. The SMILES string of the molecule is CN=C(NCCCn1nc(C)cc1C)NCC(C)Cc1cccs1.I. The normalized spacial score (nSPS) is 12.6. The maximum absolute atomic E-state index is 4.49. The molecule has 140 valence electrons. The van der Waals surface area contributed by atoms with Gasteiger partial charge in [-0.2, -0.15) is 5.10 Å². The van der Waals surface area contributed by atoms with Crippen LogP contribution in [0.2, 0.25) is 0 Å². The van der Waals surface area contributed by atoms with Crippen molar-refractivity contribution in [2.45, 2.75) is 40.2 Å². The maximum atomic E-state index is 4.49. The molecule has 2 heterocycles. The van der Waals surface area contributed by atoms with Gasteiger partial charge in [0.15, 0.2) is 5.96 Å². The third kappa shape index (κ3) is 7.77. The average Bonchev–Trinajstić information content (AvgIpc) is 3.16. The van der Waals surface area contributed by atoms with Crippen LogP contribution in [0.25, 0.3) is 0 Å². The molecule has 25 heavy (non-hydrogen) atoms. The molecule has 2 rings (SSSR count). The van der Waals surface area contributed by atoms with E-state index in [4.69, 9.17) is 0 Å². The number of thiophene rings is 1. The number of hydrogen-bond acceptors (Lipinski definition) is 3. The van der Waals surface area contributed by atoms with E-state index in [1.165, 1.54) is 10.6 Å². The summed E-state index contributed by atoms with van der Waals surface area (Å²) in [6.45, 7) is 9.14. The van der Waals surface area contributed by atoms with Gasteiger partial charge in [0.1, 0.15) is 0 Å². The van der Waals surface area contributed by atoms with E-state index in [1.54, 1.807) is 0 Å². The summed E-state index contributed by atoms with van der Waals surface area (Å²) in [7, 11) is 1.82. The lowest BCUT2D eigenvalue weighted by Gasteiger charge is -2.15. The summed E-state index contributed by atoms with van der Waals surface area (Å²) < 4.78 is 2.07. The molecule has 0 spiro atoms. The maximum Gasteiger partial charge on any atom is 0.190 e. The lowest BCUT2D eigenvalue weighted by Crippen LogP contribution is -2.40. The van der Waals surface area contributed by atoms with Crippen molar-refractivity contribution in [2.75, 3.05) is 20.1 Å². The molecule has 0 saturated heterocycles. The van der Waals surface area contributed by atoms with Crippen molar-refractivity contribution in [3.05, 3.63) is 39.8 Å². The van der Waals surface area contributed by atoms with Crippen LogP contribution < -0.4 is 10.6 Å². The molecule has 0 radical (unpaired) electrons. The fourth-order valence-corrected chi connectivity index (χ4v) is 3.54. The molecular formula is C18H30IN5S. The Morgan fingerprint density at radius 3 is 2.76 bits per heavy atom. The Hall–Kier alpha value is -1.09. The highest BCUT2D eigenvalue weighted by Crippen LogP contribution is 2.13. The van der Waals surface area contributed by atoms with Crippen LogP contribution in [-0.2, 0) is 13.0 Å². The molecule has 2 aromatic rings. The topological polar surface area (TPSA) is 54.2 Å². The average molecular weight is 475 g/mol. The number of aryl methyl sites for hydroxylation is 3. The molecule has 1 atom stereocenters. The minimum absolute atomic E-state index is 0. The van der Waals surface area contributed by atoms with E-state index in [0.29, 0.717) is 5.92 Å². The Kier molecular flexibility index (Phi) is 10.1. The van der Waals surface area contributed by atoms with E-state index in [0.717, 1.165) is 44.1 Å². The zero-order valence-corrected chi connectivity index (χ0v) is 18.7. The largest absolute Gasteiger partial charge is 0.356 e. The van der Waals surface area contributed by atoms with E-state index in [1.807, 2.05) is 25.3 Å². The van der Waals surface area contributed by atoms with Gasteiger partial charge in [-0.1, -0.05) is 13.0 Å². The molecule has 0 aromatic carbocycles. The molecule has 7 heteroatoms. The lowest BCUT2D eigenvalue weighted by molar-refractivity contribution is 0.544. The van der Waals surface area contributed by atoms with Crippen LogP contribution in [0.3, 0.4) is 0 Å². The van der Waals surface area contributed by atoms with Gasteiger partial charge in [0.25, 0.3) is 0 Å². The van der Waals surface area contributed by atoms with Crippen molar-refractivity contribution in [3.8, 4) is 0 Å². The standard InChI is InChI=1S/C18H29N5S.HI/c1-14(11-17-7-5-10-24-17)13-21-18(19-4)20-8-6-9-23-16(3)12-15(2)22-23;/h5,7,10,12,14H,6,8-9,11,13H2,1-4H3,(H2,19,20,21);1H. The third-order valence-corrected chi connectivity index (χ3v) is 4.81. The Balaban J connectivity index is 0.00000312. The molecule has 0 aliphatic heterocycles. The third-order valence-electron chi connectivity index (χ3n) is 3.91. The first-order chi connectivity index (χ1) is 11.6. The van der Waals surface area contributed by atoms with Gasteiger partial charge in [0, 0.05) is 37.3 Å². The number of aromatic nitrogens is 2. The van der Waals surface area contributed by atoms with Gasteiger partial charge in [-0.05, 0) is 50.1 Å². The molecule has 2 aromatic heterocycles. The Labute approximate surface area is 172 Å². The quantitative estimate of drug-likeness (QED) is 0.266. The molecule has 0 saturated carbocycles. The molecule has 2 N–H and O–H groups in total. The monoisotopic (exact) mass is 475 g/mol. The Bertz CT molecular complexity index is 636. The van der Waals surface area contributed by atoms with Crippen molar-refractivity contribution in [2.24, 2.45) is 10.9 Å². The molecule has 0 bridgehead atoms. The minimum atomic E-state index is 0. The van der Waals surface area contributed by atoms with Crippen LogP contribution in [0.15, 0.2) is 28.6 Å². The molecule has 0 aliphatic carbocycles. The molecule has 5 nitrogen and oxygen atoms in total. The van der Waals surface area contributed by atoms with Gasteiger partial charge in [-0.15, -0.1) is 35.3 Å². The van der Waals surface area contributed by atoms with Crippen molar-refractivity contribution < 1.29 is 0 Å². The summed E-state index contributed by atoms with van der Waals surface area (Å²) in [5, 5.41) is 13.4. The highest BCUT2D eigenvalue weighted by atomic mass is 127. The van der Waals surface area contributed by atoms with Gasteiger partial charge < -0.3 is 10.6 Å². The van der Waals surface area contributed by atoms with Gasteiger partial charge in [-0.3, -0.25) is 9.67 Å². The van der Waals surface area contributed by atoms with Crippen LogP contribution in [0.1, 0.15) is 29.6 Å². The fourth-order valence-electron chi connectivity index (χ4n) is 2.67. The number of halogens is 1.